The molecule has 0 unspecified atom stereocenters. The molecule has 0 saturated carbocycles. The molecule has 0 saturated heterocycles. The van der Waals surface area contributed by atoms with Crippen LogP contribution >= 0.6 is 11.3 Å². The predicted molar refractivity (Wildman–Crippen MR) is 118 cm³/mol. The highest BCUT2D eigenvalue weighted by molar-refractivity contribution is 7.15. The summed E-state index contributed by atoms with van der Waals surface area (Å²) in [5, 5.41) is 4.30. The number of alkyl halides is 3. The fraction of sp³-hybridized carbons (Fsp3) is 0.227. The molecule has 4 aromatic rings. The van der Waals surface area contributed by atoms with E-state index in [4.69, 9.17) is 14.2 Å². The summed E-state index contributed by atoms with van der Waals surface area (Å²) >= 11 is 1.13. The van der Waals surface area contributed by atoms with Crippen LogP contribution in [0.3, 0.4) is 0 Å². The van der Waals surface area contributed by atoms with Gasteiger partial charge in [0.05, 0.1) is 25.9 Å². The van der Waals surface area contributed by atoms with Gasteiger partial charge in [-0.25, -0.2) is 4.98 Å². The molecule has 0 bridgehead atoms. The number of ether oxygens (including phenoxy) is 4. The molecule has 0 radical (unpaired) electrons. The average Bonchev–Trinajstić information content (AvgIpc) is 3.31. The van der Waals surface area contributed by atoms with Gasteiger partial charge in [-0.1, -0.05) is 23.5 Å². The van der Waals surface area contributed by atoms with E-state index in [0.29, 0.717) is 44.6 Å². The molecule has 2 heterocycles. The Hall–Kier alpha value is -3.80. The van der Waals surface area contributed by atoms with Gasteiger partial charge in [0.1, 0.15) is 5.75 Å². The maximum Gasteiger partial charge on any atom is 0.573 e. The molecular formula is C22H18F3N3O5S. The zero-order valence-corrected chi connectivity index (χ0v) is 19.0. The first-order valence-electron chi connectivity index (χ1n) is 9.75. The smallest absolute Gasteiger partial charge is 0.493 e. The van der Waals surface area contributed by atoms with Gasteiger partial charge < -0.3 is 18.9 Å². The lowest BCUT2D eigenvalue weighted by Gasteiger charge is -2.13. The second-order valence-corrected chi connectivity index (χ2v) is 7.97. The molecule has 0 aliphatic rings. The molecule has 2 aromatic carbocycles. The van der Waals surface area contributed by atoms with E-state index in [1.807, 2.05) is 0 Å². The van der Waals surface area contributed by atoms with Crippen LogP contribution in [-0.2, 0) is 6.42 Å². The average molecular weight is 493 g/mol. The number of benzene rings is 2. The molecule has 4 rings (SSSR count). The highest BCUT2D eigenvalue weighted by Gasteiger charge is 2.30. The molecule has 8 nitrogen and oxygen atoms in total. The van der Waals surface area contributed by atoms with E-state index in [-0.39, 0.29) is 11.3 Å². The van der Waals surface area contributed by atoms with Crippen LogP contribution in [-0.4, -0.2) is 42.3 Å². The first kappa shape index (κ1) is 23.4. The first-order chi connectivity index (χ1) is 16.2. The van der Waals surface area contributed by atoms with Crippen molar-refractivity contribution < 1.29 is 32.1 Å². The normalized spacial score (nSPS) is 12.2. The van der Waals surface area contributed by atoms with Crippen molar-refractivity contribution >= 4 is 22.4 Å². The van der Waals surface area contributed by atoms with Gasteiger partial charge in [-0.3, -0.25) is 4.79 Å². The lowest BCUT2D eigenvalue weighted by Crippen LogP contribution is -2.23. The highest BCUT2D eigenvalue weighted by Crippen LogP contribution is 2.38. The number of fused-ring (bicyclic) bond motifs is 1. The molecule has 12 heteroatoms. The van der Waals surface area contributed by atoms with Crippen LogP contribution in [0, 0.1) is 0 Å². The van der Waals surface area contributed by atoms with Crippen LogP contribution in [0.1, 0.15) is 17.0 Å². The van der Waals surface area contributed by atoms with Crippen molar-refractivity contribution in [1.82, 2.24) is 14.6 Å². The summed E-state index contributed by atoms with van der Waals surface area (Å²) in [6, 6.07) is 8.76. The monoisotopic (exact) mass is 493 g/mol. The number of methoxy groups -OCH3 is 3. The summed E-state index contributed by atoms with van der Waals surface area (Å²) < 4.78 is 58.3. The van der Waals surface area contributed by atoms with Gasteiger partial charge in [-0.2, -0.15) is 4.52 Å². The van der Waals surface area contributed by atoms with Gasteiger partial charge in [-0.05, 0) is 41.5 Å². The number of nitrogens with zero attached hydrogens (tertiary/aromatic N) is 3. The molecule has 0 atom stereocenters. The van der Waals surface area contributed by atoms with Crippen molar-refractivity contribution in [3.63, 3.8) is 0 Å². The standard InChI is InChI=1S/C22H18F3N3O5S/c1-30-15-8-13(9-16(31-2)19(15)32-3)11-18-26-21-28(27-18)20(29)17(34-21)10-12-4-6-14(7-5-12)33-22(23,24)25/h4-10H,11H2,1-3H3/b17-10-. The molecule has 0 aliphatic carbocycles. The molecule has 0 aliphatic heterocycles. The molecule has 34 heavy (non-hydrogen) atoms. The maximum absolute atomic E-state index is 12.7. The van der Waals surface area contributed by atoms with E-state index >= 15 is 0 Å². The Balaban J connectivity index is 1.60. The number of hydrogen-bond donors (Lipinski definition) is 0. The van der Waals surface area contributed by atoms with Crippen LogP contribution < -0.4 is 29.0 Å². The number of aromatic nitrogens is 3. The minimum absolute atomic E-state index is 0.324. The number of hydrogen-bond acceptors (Lipinski definition) is 8. The Bertz CT molecular complexity index is 1410. The van der Waals surface area contributed by atoms with Gasteiger partial charge >= 0.3 is 6.36 Å². The van der Waals surface area contributed by atoms with Crippen molar-refractivity contribution in [2.75, 3.05) is 21.3 Å². The summed E-state index contributed by atoms with van der Waals surface area (Å²) in [5.41, 5.74) is 0.959. The molecule has 0 spiro atoms. The number of rotatable bonds is 7. The lowest BCUT2D eigenvalue weighted by molar-refractivity contribution is -0.274. The largest absolute Gasteiger partial charge is 0.573 e. The van der Waals surface area contributed by atoms with E-state index in [1.165, 1.54) is 50.1 Å². The third-order valence-corrected chi connectivity index (χ3v) is 5.68. The summed E-state index contributed by atoms with van der Waals surface area (Å²) in [6.07, 6.45) is -2.89. The van der Waals surface area contributed by atoms with Crippen molar-refractivity contribution in [2.24, 2.45) is 0 Å². The van der Waals surface area contributed by atoms with Gasteiger partial charge in [0.2, 0.25) is 10.7 Å². The molecule has 0 amide bonds. The zero-order chi connectivity index (χ0) is 24.5. The Kier molecular flexibility index (Phi) is 6.33. The van der Waals surface area contributed by atoms with E-state index in [9.17, 15) is 18.0 Å². The predicted octanol–water partition coefficient (Wildman–Crippen LogP) is 3.21. The third kappa shape index (κ3) is 4.91. The Morgan fingerprint density at radius 1 is 1.03 bits per heavy atom. The van der Waals surface area contributed by atoms with Crippen molar-refractivity contribution in [2.45, 2.75) is 12.8 Å². The minimum atomic E-state index is -4.77. The summed E-state index contributed by atoms with van der Waals surface area (Å²) in [4.78, 5) is 17.6. The fourth-order valence-electron chi connectivity index (χ4n) is 3.29. The van der Waals surface area contributed by atoms with Gasteiger partial charge in [-0.15, -0.1) is 18.3 Å². The molecule has 178 valence electrons. The molecule has 0 fully saturated rings. The van der Waals surface area contributed by atoms with E-state index in [1.54, 1.807) is 18.2 Å². The van der Waals surface area contributed by atoms with Crippen molar-refractivity contribution in [3.8, 4) is 23.0 Å². The topological polar surface area (TPSA) is 84.2 Å². The maximum atomic E-state index is 12.7. The van der Waals surface area contributed by atoms with Crippen LogP contribution in [0.2, 0.25) is 0 Å². The van der Waals surface area contributed by atoms with Gasteiger partial charge in [0.15, 0.2) is 17.3 Å². The minimum Gasteiger partial charge on any atom is -0.493 e. The van der Waals surface area contributed by atoms with Gasteiger partial charge in [0.25, 0.3) is 5.56 Å². The van der Waals surface area contributed by atoms with Crippen molar-refractivity contribution in [3.05, 3.63) is 68.2 Å². The fourth-order valence-corrected chi connectivity index (χ4v) is 4.21. The highest BCUT2D eigenvalue weighted by atomic mass is 32.1. The first-order valence-corrected chi connectivity index (χ1v) is 10.6. The lowest BCUT2D eigenvalue weighted by atomic mass is 10.1. The van der Waals surface area contributed by atoms with Crippen LogP contribution in [0.5, 0.6) is 23.0 Å². The Morgan fingerprint density at radius 3 is 2.21 bits per heavy atom. The second-order valence-electron chi connectivity index (χ2n) is 6.97. The third-order valence-electron chi connectivity index (χ3n) is 4.72. The molecular weight excluding hydrogens is 475 g/mol. The van der Waals surface area contributed by atoms with Crippen LogP contribution in [0.25, 0.3) is 11.0 Å². The van der Waals surface area contributed by atoms with E-state index < -0.39 is 6.36 Å². The Morgan fingerprint density at radius 2 is 1.68 bits per heavy atom. The quantitative estimate of drug-likeness (QED) is 0.391. The van der Waals surface area contributed by atoms with E-state index in [0.717, 1.165) is 16.9 Å². The summed E-state index contributed by atoms with van der Waals surface area (Å²) in [7, 11) is 4.55. The van der Waals surface area contributed by atoms with Gasteiger partial charge in [0, 0.05) is 6.42 Å². The van der Waals surface area contributed by atoms with Crippen molar-refractivity contribution in [1.29, 1.82) is 0 Å². The SMILES string of the molecule is COc1cc(Cc2nc3s/c(=C\c4ccc(OC(F)(F)F)cc4)c(=O)n3n2)cc(OC)c1OC. The van der Waals surface area contributed by atoms with E-state index in [2.05, 4.69) is 14.8 Å². The number of thiazole rings is 1. The summed E-state index contributed by atoms with van der Waals surface area (Å²) in [5.74, 6) is 1.54. The molecule has 0 N–H and O–H groups in total. The number of halogens is 3. The second kappa shape index (κ2) is 9.21. The Labute approximate surface area is 194 Å². The van der Waals surface area contributed by atoms with Crippen LogP contribution in [0.15, 0.2) is 41.2 Å². The molecule has 2 aromatic heterocycles. The zero-order valence-electron chi connectivity index (χ0n) is 18.2. The summed E-state index contributed by atoms with van der Waals surface area (Å²) in [6.45, 7) is 0. The van der Waals surface area contributed by atoms with Crippen LogP contribution in [0.4, 0.5) is 13.2 Å².